The van der Waals surface area contributed by atoms with Gasteiger partial charge in [-0.1, -0.05) is 31.5 Å². The first-order chi connectivity index (χ1) is 11.7. The van der Waals surface area contributed by atoms with Gasteiger partial charge in [-0.3, -0.25) is 9.59 Å². The number of carbonyl (C=O) groups excluding carboxylic acids is 2. The molecular formula is C18H25N3O2S. The summed E-state index contributed by atoms with van der Waals surface area (Å²) in [5, 5.41) is 0.508. The Bertz CT molecular complexity index is 600. The lowest BCUT2D eigenvalue weighted by Crippen LogP contribution is -2.44. The Morgan fingerprint density at radius 2 is 2.04 bits per heavy atom. The number of carbonyl (C=O) groups is 2. The zero-order chi connectivity index (χ0) is 16.9. The van der Waals surface area contributed by atoms with E-state index in [1.165, 1.54) is 24.6 Å². The summed E-state index contributed by atoms with van der Waals surface area (Å²) in [7, 11) is 0. The highest BCUT2D eigenvalue weighted by atomic mass is 32.2. The van der Waals surface area contributed by atoms with Crippen molar-refractivity contribution in [1.29, 1.82) is 0 Å². The van der Waals surface area contributed by atoms with E-state index < -0.39 is 0 Å². The number of rotatable bonds is 4. The third-order valence-electron chi connectivity index (χ3n) is 4.60. The van der Waals surface area contributed by atoms with Crippen molar-refractivity contribution < 1.29 is 9.59 Å². The lowest BCUT2D eigenvalue weighted by molar-refractivity contribution is -0.132. The van der Waals surface area contributed by atoms with Crippen molar-refractivity contribution in [2.24, 2.45) is 0 Å². The maximum atomic E-state index is 12.9. The number of fused-ring (bicyclic) bond motifs is 1. The van der Waals surface area contributed by atoms with E-state index in [1.807, 2.05) is 17.0 Å². The molecule has 0 aliphatic carbocycles. The van der Waals surface area contributed by atoms with Gasteiger partial charge in [-0.25, -0.2) is 4.98 Å². The van der Waals surface area contributed by atoms with Crippen LogP contribution < -0.4 is 4.90 Å². The molecular weight excluding hydrogens is 322 g/mol. The first-order valence-corrected chi connectivity index (χ1v) is 9.79. The summed E-state index contributed by atoms with van der Waals surface area (Å²) in [6, 6.07) is 3.80. The van der Waals surface area contributed by atoms with E-state index in [2.05, 4.69) is 11.9 Å². The zero-order valence-corrected chi connectivity index (χ0v) is 15.1. The highest BCUT2D eigenvalue weighted by molar-refractivity contribution is 8.00. The second-order valence-corrected chi connectivity index (χ2v) is 7.61. The van der Waals surface area contributed by atoms with Crippen molar-refractivity contribution in [1.82, 2.24) is 9.88 Å². The summed E-state index contributed by atoms with van der Waals surface area (Å²) in [4.78, 5) is 33.7. The van der Waals surface area contributed by atoms with Crippen molar-refractivity contribution in [2.45, 2.75) is 55.7 Å². The molecule has 3 rings (SSSR count). The second-order valence-electron chi connectivity index (χ2n) is 6.42. The number of nitrogens with zero attached hydrogens (tertiary/aromatic N) is 3. The third-order valence-corrected chi connectivity index (χ3v) is 5.79. The molecule has 0 aromatic carbocycles. The average molecular weight is 347 g/mol. The van der Waals surface area contributed by atoms with Gasteiger partial charge in [0.05, 0.1) is 10.9 Å². The number of thioether (sulfide) groups is 1. The first kappa shape index (κ1) is 17.3. The van der Waals surface area contributed by atoms with Crippen molar-refractivity contribution >= 4 is 29.3 Å². The number of hydrogen-bond donors (Lipinski definition) is 0. The SMILES string of the molecule is CCCN1C(=O)C(CC(=O)N2CCCCCC2)Sc2ncccc21. The minimum Gasteiger partial charge on any atom is -0.343 e. The predicted molar refractivity (Wildman–Crippen MR) is 96.2 cm³/mol. The van der Waals surface area contributed by atoms with Crippen LogP contribution in [0.5, 0.6) is 0 Å². The van der Waals surface area contributed by atoms with Crippen molar-refractivity contribution in [3.8, 4) is 0 Å². The molecule has 1 unspecified atom stereocenters. The number of anilines is 1. The van der Waals surface area contributed by atoms with Gasteiger partial charge < -0.3 is 9.80 Å². The van der Waals surface area contributed by atoms with Gasteiger partial charge in [-0.15, -0.1) is 0 Å². The normalized spacial score (nSPS) is 21.4. The Morgan fingerprint density at radius 1 is 1.29 bits per heavy atom. The maximum Gasteiger partial charge on any atom is 0.241 e. The van der Waals surface area contributed by atoms with Crippen LogP contribution in [-0.4, -0.2) is 46.6 Å². The van der Waals surface area contributed by atoms with Crippen LogP contribution in [0.15, 0.2) is 23.4 Å². The fraction of sp³-hybridized carbons (Fsp3) is 0.611. The molecule has 130 valence electrons. The minimum absolute atomic E-state index is 0.0468. The Kier molecular flexibility index (Phi) is 5.76. The summed E-state index contributed by atoms with van der Waals surface area (Å²) < 4.78 is 0. The standard InChI is InChI=1S/C18H25N3O2S/c1-2-10-21-14-8-7-9-19-17(14)24-15(18(21)23)13-16(22)20-11-5-3-4-6-12-20/h7-9,15H,2-6,10-13H2,1H3. The van der Waals surface area contributed by atoms with Gasteiger partial charge in [-0.2, -0.15) is 0 Å². The molecule has 2 amide bonds. The van der Waals surface area contributed by atoms with E-state index in [0.717, 1.165) is 43.1 Å². The highest BCUT2D eigenvalue weighted by Crippen LogP contribution is 2.39. The molecule has 0 N–H and O–H groups in total. The molecule has 2 aliphatic heterocycles. The molecule has 1 aromatic heterocycles. The predicted octanol–water partition coefficient (Wildman–Crippen LogP) is 3.09. The number of hydrogen-bond acceptors (Lipinski definition) is 4. The molecule has 2 aliphatic rings. The lowest BCUT2D eigenvalue weighted by Gasteiger charge is -2.33. The molecule has 5 nitrogen and oxygen atoms in total. The van der Waals surface area contributed by atoms with E-state index in [4.69, 9.17) is 0 Å². The zero-order valence-electron chi connectivity index (χ0n) is 14.2. The van der Waals surface area contributed by atoms with Crippen LogP contribution >= 0.6 is 11.8 Å². The first-order valence-electron chi connectivity index (χ1n) is 8.91. The van der Waals surface area contributed by atoms with E-state index in [0.29, 0.717) is 6.54 Å². The molecule has 1 aromatic rings. The quantitative estimate of drug-likeness (QED) is 0.840. The van der Waals surface area contributed by atoms with Gasteiger partial charge >= 0.3 is 0 Å². The molecule has 0 radical (unpaired) electrons. The van der Waals surface area contributed by atoms with E-state index >= 15 is 0 Å². The Hall–Kier alpha value is -1.56. The molecule has 0 spiro atoms. The van der Waals surface area contributed by atoms with Gasteiger partial charge in [0.1, 0.15) is 5.03 Å². The van der Waals surface area contributed by atoms with E-state index in [1.54, 1.807) is 11.1 Å². The summed E-state index contributed by atoms with van der Waals surface area (Å²) in [5.74, 6) is 0.157. The van der Waals surface area contributed by atoms with Crippen molar-refractivity contribution in [3.63, 3.8) is 0 Å². The van der Waals surface area contributed by atoms with Gasteiger partial charge in [0.25, 0.3) is 0 Å². The van der Waals surface area contributed by atoms with Crippen LogP contribution in [0.4, 0.5) is 5.69 Å². The minimum atomic E-state index is -0.352. The molecule has 1 atom stereocenters. The van der Waals surface area contributed by atoms with Gasteiger partial charge in [0.2, 0.25) is 11.8 Å². The van der Waals surface area contributed by atoms with Crippen molar-refractivity contribution in [3.05, 3.63) is 18.3 Å². The molecule has 1 fully saturated rings. The van der Waals surface area contributed by atoms with Crippen molar-refractivity contribution in [2.75, 3.05) is 24.5 Å². The number of amides is 2. The van der Waals surface area contributed by atoms with Crippen LogP contribution in [0, 0.1) is 0 Å². The fourth-order valence-electron chi connectivity index (χ4n) is 3.35. The maximum absolute atomic E-state index is 12.9. The van der Waals surface area contributed by atoms with Gasteiger partial charge in [-0.05, 0) is 31.4 Å². The molecule has 6 heteroatoms. The van der Waals surface area contributed by atoms with E-state index in [9.17, 15) is 9.59 Å². The lowest BCUT2D eigenvalue weighted by atomic mass is 10.2. The third kappa shape index (κ3) is 3.74. The van der Waals surface area contributed by atoms with Crippen LogP contribution in [0.2, 0.25) is 0 Å². The molecule has 24 heavy (non-hydrogen) atoms. The summed E-state index contributed by atoms with van der Waals surface area (Å²) >= 11 is 1.44. The monoisotopic (exact) mass is 347 g/mol. The Balaban J connectivity index is 1.74. The molecule has 0 saturated carbocycles. The Labute approximate surface area is 147 Å². The molecule has 0 bridgehead atoms. The number of aromatic nitrogens is 1. The summed E-state index contributed by atoms with van der Waals surface area (Å²) in [6.07, 6.45) is 7.45. The Morgan fingerprint density at radius 3 is 2.75 bits per heavy atom. The largest absolute Gasteiger partial charge is 0.343 e. The smallest absolute Gasteiger partial charge is 0.241 e. The molecule has 1 saturated heterocycles. The van der Waals surface area contributed by atoms with E-state index in [-0.39, 0.29) is 23.5 Å². The van der Waals surface area contributed by atoms with Crippen LogP contribution in [0.3, 0.4) is 0 Å². The van der Waals surface area contributed by atoms with Crippen LogP contribution in [0.25, 0.3) is 0 Å². The number of likely N-dealkylation sites (tertiary alicyclic amines) is 1. The number of pyridine rings is 1. The van der Waals surface area contributed by atoms with Gasteiger partial charge in [0, 0.05) is 32.3 Å². The van der Waals surface area contributed by atoms with Gasteiger partial charge in [0.15, 0.2) is 0 Å². The highest BCUT2D eigenvalue weighted by Gasteiger charge is 2.36. The summed E-state index contributed by atoms with van der Waals surface area (Å²) in [6.45, 7) is 4.39. The molecule has 3 heterocycles. The second kappa shape index (κ2) is 8.01. The summed E-state index contributed by atoms with van der Waals surface area (Å²) in [5.41, 5.74) is 0.882. The topological polar surface area (TPSA) is 53.5 Å². The van der Waals surface area contributed by atoms with Crippen LogP contribution in [-0.2, 0) is 9.59 Å². The fourth-order valence-corrected chi connectivity index (χ4v) is 4.49. The van der Waals surface area contributed by atoms with Crippen LogP contribution in [0.1, 0.15) is 45.4 Å². The average Bonchev–Trinajstić information content (AvgIpc) is 2.88.